The quantitative estimate of drug-likeness (QED) is 0.172. The fraction of sp³-hybridized carbons (Fsp3) is 0.233. The summed E-state index contributed by atoms with van der Waals surface area (Å²) in [6.07, 6.45) is 0. The smallest absolute Gasteiger partial charge is 0.145 e. The zero-order chi connectivity index (χ0) is 27.8. The van der Waals surface area contributed by atoms with Crippen LogP contribution in [0.4, 0.5) is 10.2 Å². The Morgan fingerprint density at radius 2 is 1.44 bits per heavy atom. The molecule has 1 aromatic heterocycles. The number of hydrogen-bond acceptors (Lipinski definition) is 6. The first-order valence-electron chi connectivity index (χ1n) is 12.2. The van der Waals surface area contributed by atoms with Crippen molar-refractivity contribution < 1.29 is 23.7 Å². The molecule has 1 N–H and O–H groups in total. The summed E-state index contributed by atoms with van der Waals surface area (Å²) in [5, 5.41) is 9.93. The Balaban J connectivity index is 1.64. The first kappa shape index (κ1) is 28.8. The Morgan fingerprint density at radius 1 is 0.872 bits per heavy atom. The molecule has 39 heavy (non-hydrogen) atoms. The van der Waals surface area contributed by atoms with Crippen molar-refractivity contribution in [2.45, 2.75) is 32.9 Å². The number of rotatable bonds is 12. The zero-order valence-electron chi connectivity index (χ0n) is 21.7. The van der Waals surface area contributed by atoms with Gasteiger partial charge in [0.05, 0.1) is 38.5 Å². The summed E-state index contributed by atoms with van der Waals surface area (Å²) in [7, 11) is 3.27. The SMILES string of the molecule is COc1ccc(CN(Cc2ccc(OC)cc2)c2nc(Cl)c(Br)cc2COCc2cccc(F)c2CO)cc1. The third-order valence-electron chi connectivity index (χ3n) is 6.24. The second-order valence-electron chi connectivity index (χ2n) is 8.82. The molecule has 0 saturated heterocycles. The first-order chi connectivity index (χ1) is 18.9. The highest BCUT2D eigenvalue weighted by molar-refractivity contribution is 9.10. The minimum atomic E-state index is -0.458. The van der Waals surface area contributed by atoms with Crippen LogP contribution < -0.4 is 14.4 Å². The number of ether oxygens (including phenoxy) is 3. The summed E-state index contributed by atoms with van der Waals surface area (Å²) in [5.74, 6) is 1.76. The highest BCUT2D eigenvalue weighted by Gasteiger charge is 2.18. The number of nitrogens with zero attached hydrogens (tertiary/aromatic N) is 2. The number of hydrogen-bond donors (Lipinski definition) is 1. The molecule has 0 atom stereocenters. The highest BCUT2D eigenvalue weighted by atomic mass is 79.9. The maximum Gasteiger partial charge on any atom is 0.145 e. The van der Waals surface area contributed by atoms with Crippen molar-refractivity contribution in [1.82, 2.24) is 4.98 Å². The summed E-state index contributed by atoms with van der Waals surface area (Å²) in [6, 6.07) is 22.3. The summed E-state index contributed by atoms with van der Waals surface area (Å²) in [6.45, 7) is 1.02. The van der Waals surface area contributed by atoms with E-state index in [9.17, 15) is 9.50 Å². The van der Waals surface area contributed by atoms with Crippen LogP contribution in [0.15, 0.2) is 77.3 Å². The van der Waals surface area contributed by atoms with Gasteiger partial charge in [-0.3, -0.25) is 0 Å². The molecular formula is C30H29BrClFN2O4. The molecule has 6 nitrogen and oxygen atoms in total. The van der Waals surface area contributed by atoms with Crippen LogP contribution in [0, 0.1) is 5.82 Å². The van der Waals surface area contributed by atoms with Gasteiger partial charge in [0.25, 0.3) is 0 Å². The molecule has 4 rings (SSSR count). The number of methoxy groups -OCH3 is 2. The molecule has 0 aliphatic rings. The van der Waals surface area contributed by atoms with Gasteiger partial charge in [-0.05, 0) is 69.0 Å². The summed E-state index contributed by atoms with van der Waals surface area (Å²) in [5.41, 5.74) is 3.74. The van der Waals surface area contributed by atoms with Gasteiger partial charge < -0.3 is 24.2 Å². The van der Waals surface area contributed by atoms with Crippen LogP contribution in [0.3, 0.4) is 0 Å². The van der Waals surface area contributed by atoms with E-state index in [-0.39, 0.29) is 18.8 Å². The lowest BCUT2D eigenvalue weighted by Crippen LogP contribution is -2.25. The molecule has 0 amide bonds. The number of benzene rings is 3. The zero-order valence-corrected chi connectivity index (χ0v) is 24.0. The third kappa shape index (κ3) is 7.48. The topological polar surface area (TPSA) is 64.1 Å². The van der Waals surface area contributed by atoms with Gasteiger partial charge in [0.15, 0.2) is 0 Å². The average molecular weight is 616 g/mol. The normalized spacial score (nSPS) is 10.9. The van der Waals surface area contributed by atoms with Crippen LogP contribution in [0.5, 0.6) is 11.5 Å². The molecule has 0 radical (unpaired) electrons. The number of anilines is 1. The van der Waals surface area contributed by atoms with Gasteiger partial charge in [0, 0.05) is 24.2 Å². The molecule has 0 unspecified atom stereocenters. The standard InChI is InChI=1S/C30H29BrClFN2O4/c1-37-24-10-6-20(7-11-24)15-35(16-21-8-12-25(38-2)13-9-21)30-23(14-27(31)29(32)34-30)19-39-18-22-4-3-5-28(33)26(22)17-36/h3-14,36H,15-19H2,1-2H3. The summed E-state index contributed by atoms with van der Waals surface area (Å²) >= 11 is 9.96. The van der Waals surface area contributed by atoms with Crippen molar-refractivity contribution >= 4 is 33.3 Å². The molecule has 3 aromatic carbocycles. The van der Waals surface area contributed by atoms with Gasteiger partial charge >= 0.3 is 0 Å². The predicted molar refractivity (Wildman–Crippen MR) is 154 cm³/mol. The molecule has 0 aliphatic heterocycles. The monoisotopic (exact) mass is 614 g/mol. The van der Waals surface area contributed by atoms with Crippen molar-refractivity contribution in [3.8, 4) is 11.5 Å². The van der Waals surface area contributed by atoms with Crippen molar-refractivity contribution in [3.63, 3.8) is 0 Å². The third-order valence-corrected chi connectivity index (χ3v) is 7.36. The number of halogens is 3. The maximum atomic E-state index is 14.1. The molecule has 4 aromatic rings. The predicted octanol–water partition coefficient (Wildman–Crippen LogP) is 7.07. The van der Waals surface area contributed by atoms with Gasteiger partial charge in [0.1, 0.15) is 28.3 Å². The summed E-state index contributed by atoms with van der Waals surface area (Å²) in [4.78, 5) is 6.85. The largest absolute Gasteiger partial charge is 0.497 e. The number of pyridine rings is 1. The fourth-order valence-electron chi connectivity index (χ4n) is 4.17. The van der Waals surface area contributed by atoms with E-state index in [0.29, 0.717) is 34.1 Å². The van der Waals surface area contributed by atoms with Crippen LogP contribution in [-0.2, 0) is 37.6 Å². The Bertz CT molecular complexity index is 1340. The van der Waals surface area contributed by atoms with Crippen LogP contribution in [-0.4, -0.2) is 24.3 Å². The van der Waals surface area contributed by atoms with Crippen LogP contribution in [0.25, 0.3) is 0 Å². The second-order valence-corrected chi connectivity index (χ2v) is 10.0. The van der Waals surface area contributed by atoms with E-state index >= 15 is 0 Å². The Hall–Kier alpha value is -3.17. The van der Waals surface area contributed by atoms with Gasteiger partial charge in [-0.25, -0.2) is 9.37 Å². The molecule has 0 spiro atoms. The molecule has 0 saturated carbocycles. The first-order valence-corrected chi connectivity index (χ1v) is 13.4. The molecule has 0 aliphatic carbocycles. The molecule has 1 heterocycles. The minimum absolute atomic E-state index is 0.129. The van der Waals surface area contributed by atoms with Crippen molar-refractivity contribution in [3.05, 3.63) is 116 Å². The lowest BCUT2D eigenvalue weighted by molar-refractivity contribution is 0.105. The van der Waals surface area contributed by atoms with Crippen molar-refractivity contribution in [2.24, 2.45) is 0 Å². The number of aliphatic hydroxyl groups is 1. The average Bonchev–Trinajstić information content (AvgIpc) is 2.95. The molecule has 9 heteroatoms. The van der Waals surface area contributed by atoms with E-state index in [0.717, 1.165) is 28.2 Å². The van der Waals surface area contributed by atoms with E-state index in [1.165, 1.54) is 6.07 Å². The van der Waals surface area contributed by atoms with Gasteiger partial charge in [-0.2, -0.15) is 0 Å². The van der Waals surface area contributed by atoms with E-state index < -0.39 is 12.4 Å². The van der Waals surface area contributed by atoms with E-state index in [4.69, 9.17) is 30.8 Å². The van der Waals surface area contributed by atoms with Crippen molar-refractivity contribution in [1.29, 1.82) is 0 Å². The Morgan fingerprint density at radius 3 is 1.97 bits per heavy atom. The molecule has 0 bridgehead atoms. The lowest BCUT2D eigenvalue weighted by Gasteiger charge is -2.27. The van der Waals surface area contributed by atoms with Gasteiger partial charge in [-0.1, -0.05) is 48.0 Å². The van der Waals surface area contributed by atoms with Crippen LogP contribution >= 0.6 is 27.5 Å². The van der Waals surface area contributed by atoms with Gasteiger partial charge in [-0.15, -0.1) is 0 Å². The van der Waals surface area contributed by atoms with Crippen LogP contribution in [0.2, 0.25) is 5.15 Å². The fourth-order valence-corrected chi connectivity index (χ4v) is 4.67. The van der Waals surface area contributed by atoms with Crippen LogP contribution in [0.1, 0.15) is 27.8 Å². The van der Waals surface area contributed by atoms with Crippen molar-refractivity contribution in [2.75, 3.05) is 19.1 Å². The lowest BCUT2D eigenvalue weighted by atomic mass is 10.1. The molecule has 204 valence electrons. The van der Waals surface area contributed by atoms with E-state index in [1.807, 2.05) is 54.6 Å². The van der Waals surface area contributed by atoms with E-state index in [2.05, 4.69) is 20.8 Å². The Kier molecular flexibility index (Phi) is 10.2. The minimum Gasteiger partial charge on any atom is -0.497 e. The maximum absolute atomic E-state index is 14.1. The molecule has 0 fully saturated rings. The van der Waals surface area contributed by atoms with Gasteiger partial charge in [0.2, 0.25) is 0 Å². The summed E-state index contributed by atoms with van der Waals surface area (Å²) < 4.78 is 31.4. The Labute approximate surface area is 241 Å². The number of aromatic nitrogens is 1. The second kappa shape index (κ2) is 13.8. The van der Waals surface area contributed by atoms with E-state index in [1.54, 1.807) is 26.4 Å². The highest BCUT2D eigenvalue weighted by Crippen LogP contribution is 2.31. The number of aliphatic hydroxyl groups excluding tert-OH is 1. The molecular weight excluding hydrogens is 587 g/mol.